The van der Waals surface area contributed by atoms with Crippen LogP contribution in [0.25, 0.3) is 0 Å². The Labute approximate surface area is 195 Å². The summed E-state index contributed by atoms with van der Waals surface area (Å²) in [5.74, 6) is -3.29. The number of β-lactam (4-membered cyclic amide) rings is 1. The zero-order valence-electron chi connectivity index (χ0n) is 17.6. The number of nitrogens with zero attached hydrogens (tertiary/aromatic N) is 4. The number of aromatic hydroxyl groups is 1. The van der Waals surface area contributed by atoms with Gasteiger partial charge in [-0.2, -0.15) is 18.2 Å². The lowest BCUT2D eigenvalue weighted by atomic mass is 9.74. The highest BCUT2D eigenvalue weighted by atomic mass is 32.3. The molecule has 1 aliphatic heterocycles. The van der Waals surface area contributed by atoms with E-state index in [1.54, 1.807) is 0 Å². The monoisotopic (exact) mass is 517 g/mol. The van der Waals surface area contributed by atoms with E-state index in [2.05, 4.69) is 14.4 Å². The van der Waals surface area contributed by atoms with Crippen LogP contribution >= 0.6 is 11.3 Å². The smallest absolute Gasteiger partial charge is 0.418 e. The van der Waals surface area contributed by atoms with Crippen molar-refractivity contribution < 1.29 is 42.0 Å². The second-order valence-corrected chi connectivity index (χ2v) is 9.51. The molecule has 0 spiro atoms. The molecular formula is C17H19N5O10S2. The first-order valence-electron chi connectivity index (χ1n) is 9.30. The van der Waals surface area contributed by atoms with Gasteiger partial charge in [0.25, 0.3) is 5.91 Å². The van der Waals surface area contributed by atoms with Gasteiger partial charge in [-0.3, -0.25) is 18.9 Å². The number of thiazole rings is 1. The quantitative estimate of drug-likeness (QED) is 0.110. The molecule has 0 unspecified atom stereocenters. The number of aromatic nitrogens is 2. The molecular weight excluding hydrogens is 498 g/mol. The van der Waals surface area contributed by atoms with Gasteiger partial charge in [0, 0.05) is 17.9 Å². The molecule has 5 N–H and O–H groups in total. The summed E-state index contributed by atoms with van der Waals surface area (Å²) in [4.78, 5) is 45.9. The van der Waals surface area contributed by atoms with Crippen LogP contribution in [0.3, 0.4) is 0 Å². The average Bonchev–Trinajstić information content (AvgIpc) is 3.16. The molecule has 2 aromatic heterocycles. The largest absolute Gasteiger partial charge is 0.503 e. The first-order chi connectivity index (χ1) is 15.7. The summed E-state index contributed by atoms with van der Waals surface area (Å²) in [5, 5.41) is 24.8. The van der Waals surface area contributed by atoms with Crippen LogP contribution in [0, 0.1) is 5.92 Å². The second-order valence-electron chi connectivity index (χ2n) is 7.61. The van der Waals surface area contributed by atoms with E-state index in [1.165, 1.54) is 19.2 Å². The summed E-state index contributed by atoms with van der Waals surface area (Å²) in [7, 11) is -4.95. The van der Waals surface area contributed by atoms with E-state index in [1.807, 2.05) is 0 Å². The lowest BCUT2D eigenvalue weighted by molar-refractivity contribution is -0.228. The number of carbonyl (C=O) groups is 2. The predicted molar refractivity (Wildman–Crippen MR) is 114 cm³/mol. The Hall–Kier alpha value is -3.54. The van der Waals surface area contributed by atoms with Crippen LogP contribution < -0.4 is 11.2 Å². The maximum Gasteiger partial charge on any atom is 0.418 e. The fourth-order valence-electron chi connectivity index (χ4n) is 3.11. The van der Waals surface area contributed by atoms with Crippen molar-refractivity contribution in [2.45, 2.75) is 32.4 Å². The minimum Gasteiger partial charge on any atom is -0.503 e. The van der Waals surface area contributed by atoms with Gasteiger partial charge >= 0.3 is 10.4 Å². The maximum atomic E-state index is 13.0. The van der Waals surface area contributed by atoms with Crippen LogP contribution in [0.1, 0.15) is 31.7 Å². The van der Waals surface area contributed by atoms with Crippen LogP contribution in [-0.2, 0) is 35.7 Å². The average molecular weight is 517 g/mol. The van der Waals surface area contributed by atoms with Gasteiger partial charge in [0.15, 0.2) is 29.0 Å². The number of Topliss-reactive ketones (excluding diaryl/α,β-unsaturated/α-hetero) is 1. The molecule has 1 fully saturated rings. The number of amides is 1. The predicted octanol–water partition coefficient (Wildman–Crippen LogP) is -0.319. The third kappa shape index (κ3) is 5.16. The summed E-state index contributed by atoms with van der Waals surface area (Å²) in [6.07, 6.45) is 0.309. The molecule has 34 heavy (non-hydrogen) atoms. The molecule has 0 aromatic carbocycles. The number of hydroxylamine groups is 2. The van der Waals surface area contributed by atoms with Crippen LogP contribution in [0.4, 0.5) is 5.13 Å². The van der Waals surface area contributed by atoms with Gasteiger partial charge in [-0.05, 0) is 13.8 Å². The number of carbonyl (C=O) groups excluding carboxylic acids is 2. The van der Waals surface area contributed by atoms with Crippen LogP contribution in [-0.4, -0.2) is 61.0 Å². The van der Waals surface area contributed by atoms with Crippen molar-refractivity contribution in [1.82, 2.24) is 14.8 Å². The lowest BCUT2D eigenvalue weighted by Crippen LogP contribution is -2.68. The van der Waals surface area contributed by atoms with E-state index in [9.17, 15) is 33.1 Å². The zero-order valence-corrected chi connectivity index (χ0v) is 19.2. The molecule has 1 atom stereocenters. The zero-order chi connectivity index (χ0) is 25.4. The van der Waals surface area contributed by atoms with Gasteiger partial charge in [0.2, 0.25) is 5.43 Å². The van der Waals surface area contributed by atoms with E-state index in [0.29, 0.717) is 9.79 Å². The first-order valence-corrected chi connectivity index (χ1v) is 11.5. The van der Waals surface area contributed by atoms with Crippen molar-refractivity contribution in [2.75, 3.05) is 5.73 Å². The highest BCUT2D eigenvalue weighted by molar-refractivity contribution is 7.80. The number of hydrogen-bond donors (Lipinski definition) is 4. The van der Waals surface area contributed by atoms with Crippen molar-refractivity contribution in [3.63, 3.8) is 0 Å². The summed E-state index contributed by atoms with van der Waals surface area (Å²) < 4.78 is 35.4. The number of nitrogen functional groups attached to an aromatic ring is 1. The molecule has 15 nitrogen and oxygen atoms in total. The summed E-state index contributed by atoms with van der Waals surface area (Å²) >= 11 is 1.01. The van der Waals surface area contributed by atoms with Crippen molar-refractivity contribution >= 4 is 44.3 Å². The number of oxime groups is 1. The Morgan fingerprint density at radius 2 is 2.06 bits per heavy atom. The van der Waals surface area contributed by atoms with Gasteiger partial charge in [0.05, 0.1) is 17.7 Å². The molecule has 0 bridgehead atoms. The van der Waals surface area contributed by atoms with Gasteiger partial charge in [-0.1, -0.05) is 5.16 Å². The Kier molecular flexibility index (Phi) is 6.65. The molecule has 2 aromatic rings. The second kappa shape index (κ2) is 9.01. The first kappa shape index (κ1) is 25.1. The van der Waals surface area contributed by atoms with Crippen molar-refractivity contribution in [3.8, 4) is 5.75 Å². The molecule has 0 saturated carbocycles. The van der Waals surface area contributed by atoms with Crippen LogP contribution in [0.15, 0.2) is 27.6 Å². The molecule has 0 radical (unpaired) electrons. The van der Waals surface area contributed by atoms with Gasteiger partial charge in [0.1, 0.15) is 11.4 Å². The van der Waals surface area contributed by atoms with E-state index in [4.69, 9.17) is 15.1 Å². The molecule has 1 saturated heterocycles. The van der Waals surface area contributed by atoms with Gasteiger partial charge in [-0.15, -0.1) is 15.6 Å². The Balaban J connectivity index is 1.80. The topological polar surface area (TPSA) is 224 Å². The SMILES string of the molecule is CC1(C)[C@H](CC(=O)/C(=N\OCc2cc(=O)c(O)cn2O)c2csc(N)n2)C(=O)N1OS(=O)(=O)O. The fourth-order valence-corrected chi connectivity index (χ4v) is 4.11. The third-order valence-electron chi connectivity index (χ3n) is 4.92. The van der Waals surface area contributed by atoms with Crippen molar-refractivity contribution in [2.24, 2.45) is 11.1 Å². The van der Waals surface area contributed by atoms with Gasteiger partial charge < -0.3 is 20.9 Å². The summed E-state index contributed by atoms with van der Waals surface area (Å²) in [6.45, 7) is 2.38. The minimum absolute atomic E-state index is 0.0372. The molecule has 1 amide bonds. The van der Waals surface area contributed by atoms with E-state index < -0.39 is 57.8 Å². The number of hydrogen-bond acceptors (Lipinski definition) is 13. The molecule has 17 heteroatoms. The minimum atomic E-state index is -4.95. The van der Waals surface area contributed by atoms with Crippen LogP contribution in [0.2, 0.25) is 0 Å². The molecule has 184 valence electrons. The molecule has 1 aliphatic rings. The number of anilines is 1. The van der Waals surface area contributed by atoms with Crippen LogP contribution in [0.5, 0.6) is 5.75 Å². The van der Waals surface area contributed by atoms with Crippen molar-refractivity contribution in [1.29, 1.82) is 0 Å². The molecule has 3 rings (SSSR count). The van der Waals surface area contributed by atoms with E-state index in [0.717, 1.165) is 23.6 Å². The Bertz CT molecular complexity index is 1330. The normalized spacial score (nSPS) is 18.0. The van der Waals surface area contributed by atoms with E-state index >= 15 is 0 Å². The number of ketones is 1. The van der Waals surface area contributed by atoms with Crippen molar-refractivity contribution in [3.05, 3.63) is 39.3 Å². The summed E-state index contributed by atoms with van der Waals surface area (Å²) in [6, 6.07) is 0.895. The highest BCUT2D eigenvalue weighted by Crippen LogP contribution is 2.40. The highest BCUT2D eigenvalue weighted by Gasteiger charge is 2.57. The molecule has 0 aliphatic carbocycles. The van der Waals surface area contributed by atoms with E-state index in [-0.39, 0.29) is 22.2 Å². The number of pyridine rings is 1. The fraction of sp³-hybridized carbons (Fsp3) is 0.353. The standard InChI is InChI=1S/C17H19N5O10S2/c1-17(2)9(15(26)22(17)32-34(28,29)30)4-12(24)14(10-7-33-16(18)19-10)20-31-6-8-3-11(23)13(25)5-21(8)27/h3,5,7,9,25,27H,4,6H2,1-2H3,(H2,18,19)(H,28,29,30)/b20-14-/t9-/m1/s1. The number of nitrogens with two attached hydrogens (primary N) is 1. The molecule has 3 heterocycles. The maximum absolute atomic E-state index is 13.0. The van der Waals surface area contributed by atoms with Gasteiger partial charge in [-0.25, -0.2) is 4.98 Å². The Morgan fingerprint density at radius 1 is 1.38 bits per heavy atom. The summed E-state index contributed by atoms with van der Waals surface area (Å²) in [5.41, 5.74) is 3.19. The lowest BCUT2D eigenvalue weighted by Gasteiger charge is -2.50. The Morgan fingerprint density at radius 3 is 2.62 bits per heavy atom. The third-order valence-corrected chi connectivity index (χ3v) is 5.93. The number of rotatable bonds is 9.